The molecule has 0 spiro atoms. The zero-order valence-corrected chi connectivity index (χ0v) is 10.9. The Labute approximate surface area is 112 Å². The van der Waals surface area contributed by atoms with Gasteiger partial charge in [-0.3, -0.25) is 4.79 Å². The van der Waals surface area contributed by atoms with Gasteiger partial charge in [-0.05, 0) is 28.1 Å². The first-order chi connectivity index (χ1) is 8.75. The van der Waals surface area contributed by atoms with Crippen LogP contribution in [0.5, 0.6) is 5.75 Å². The Morgan fingerprint density at radius 2 is 1.94 bits per heavy atom. The van der Waals surface area contributed by atoms with E-state index in [9.17, 15) is 4.79 Å². The lowest BCUT2D eigenvalue weighted by Gasteiger charge is -2.05. The van der Waals surface area contributed by atoms with Gasteiger partial charge in [-0.25, -0.2) is 0 Å². The summed E-state index contributed by atoms with van der Waals surface area (Å²) in [5, 5.41) is 0. The molecule has 0 fully saturated rings. The standard InChI is InChI=1S/C14H9BrO3/c15-12-7-13-10(8-17-18-13)6-11(12)14(16)9-4-2-1-3-5-9/h1-7H,8H2. The quantitative estimate of drug-likeness (QED) is 0.629. The maximum absolute atomic E-state index is 12.4. The van der Waals surface area contributed by atoms with Crippen LogP contribution in [0.15, 0.2) is 46.9 Å². The number of benzene rings is 2. The highest BCUT2D eigenvalue weighted by Crippen LogP contribution is 2.33. The lowest BCUT2D eigenvalue weighted by Crippen LogP contribution is -2.02. The van der Waals surface area contributed by atoms with E-state index < -0.39 is 0 Å². The van der Waals surface area contributed by atoms with E-state index in [0.29, 0.717) is 28.0 Å². The molecule has 1 aliphatic rings. The van der Waals surface area contributed by atoms with Crippen LogP contribution in [0.4, 0.5) is 0 Å². The van der Waals surface area contributed by atoms with E-state index in [-0.39, 0.29) is 5.78 Å². The number of hydrogen-bond donors (Lipinski definition) is 0. The van der Waals surface area contributed by atoms with Crippen LogP contribution in [-0.4, -0.2) is 5.78 Å². The van der Waals surface area contributed by atoms with Crippen LogP contribution in [0.3, 0.4) is 0 Å². The van der Waals surface area contributed by atoms with Crippen molar-refractivity contribution < 1.29 is 14.6 Å². The first-order valence-electron chi connectivity index (χ1n) is 5.47. The molecule has 1 aliphatic heterocycles. The van der Waals surface area contributed by atoms with Gasteiger partial charge in [0.05, 0.1) is 0 Å². The molecule has 2 aromatic carbocycles. The third-order valence-corrected chi connectivity index (χ3v) is 3.45. The zero-order valence-electron chi connectivity index (χ0n) is 9.35. The predicted octanol–water partition coefficient (Wildman–Crippen LogP) is 3.50. The fourth-order valence-electron chi connectivity index (χ4n) is 1.87. The maximum atomic E-state index is 12.4. The minimum atomic E-state index is -0.0165. The molecule has 0 amide bonds. The van der Waals surface area contributed by atoms with Crippen molar-refractivity contribution in [1.29, 1.82) is 0 Å². The normalized spacial score (nSPS) is 12.9. The van der Waals surface area contributed by atoms with Crippen molar-refractivity contribution in [2.75, 3.05) is 0 Å². The molecule has 18 heavy (non-hydrogen) atoms. The van der Waals surface area contributed by atoms with Crippen LogP contribution in [-0.2, 0) is 11.5 Å². The summed E-state index contributed by atoms with van der Waals surface area (Å²) in [5.74, 6) is 0.642. The zero-order chi connectivity index (χ0) is 12.5. The fourth-order valence-corrected chi connectivity index (χ4v) is 2.37. The number of ketones is 1. The van der Waals surface area contributed by atoms with Crippen molar-refractivity contribution in [3.63, 3.8) is 0 Å². The van der Waals surface area contributed by atoms with E-state index in [4.69, 9.17) is 9.78 Å². The van der Waals surface area contributed by atoms with Gasteiger partial charge in [-0.2, -0.15) is 4.89 Å². The molecule has 3 rings (SSSR count). The molecule has 2 aromatic rings. The van der Waals surface area contributed by atoms with Crippen LogP contribution in [0.25, 0.3) is 0 Å². The Hall–Kier alpha value is -1.65. The molecule has 0 aromatic heterocycles. The largest absolute Gasteiger partial charge is 0.337 e. The van der Waals surface area contributed by atoms with Gasteiger partial charge in [-0.15, -0.1) is 0 Å². The molecular formula is C14H9BrO3. The average Bonchev–Trinajstić information content (AvgIpc) is 2.85. The number of fused-ring (bicyclic) bond motifs is 1. The molecule has 4 heteroatoms. The van der Waals surface area contributed by atoms with Crippen LogP contribution in [0.1, 0.15) is 21.5 Å². The van der Waals surface area contributed by atoms with Crippen molar-refractivity contribution in [2.45, 2.75) is 6.61 Å². The summed E-state index contributed by atoms with van der Waals surface area (Å²) in [4.78, 5) is 22.2. The van der Waals surface area contributed by atoms with E-state index >= 15 is 0 Å². The second-order valence-electron chi connectivity index (χ2n) is 3.98. The lowest BCUT2D eigenvalue weighted by molar-refractivity contribution is -0.194. The number of halogens is 1. The van der Waals surface area contributed by atoms with E-state index in [1.165, 1.54) is 0 Å². The molecule has 0 atom stereocenters. The Morgan fingerprint density at radius 1 is 1.17 bits per heavy atom. The fraction of sp³-hybridized carbons (Fsp3) is 0.0714. The maximum Gasteiger partial charge on any atom is 0.194 e. The van der Waals surface area contributed by atoms with Crippen molar-refractivity contribution in [3.05, 3.63) is 63.6 Å². The second kappa shape index (κ2) is 4.55. The summed E-state index contributed by atoms with van der Waals surface area (Å²) >= 11 is 3.39. The third-order valence-electron chi connectivity index (χ3n) is 2.79. The lowest BCUT2D eigenvalue weighted by atomic mass is 10.0. The summed E-state index contributed by atoms with van der Waals surface area (Å²) in [6.07, 6.45) is 0. The van der Waals surface area contributed by atoms with E-state index in [2.05, 4.69) is 15.9 Å². The number of carbonyl (C=O) groups excluding carboxylic acids is 1. The van der Waals surface area contributed by atoms with Gasteiger partial charge in [0.25, 0.3) is 0 Å². The third kappa shape index (κ3) is 1.94. The Bertz CT molecular complexity index is 608. The molecule has 0 radical (unpaired) electrons. The number of carbonyl (C=O) groups is 1. The molecule has 1 heterocycles. The van der Waals surface area contributed by atoms with Gasteiger partial charge < -0.3 is 4.89 Å². The van der Waals surface area contributed by atoms with Gasteiger partial charge in [0.2, 0.25) is 0 Å². The van der Waals surface area contributed by atoms with Crippen LogP contribution in [0.2, 0.25) is 0 Å². The van der Waals surface area contributed by atoms with E-state index in [0.717, 1.165) is 5.56 Å². The molecule has 0 saturated carbocycles. The SMILES string of the molecule is O=C(c1ccccc1)c1cc2c(cc1Br)OOC2. The monoisotopic (exact) mass is 304 g/mol. The minimum Gasteiger partial charge on any atom is -0.337 e. The van der Waals surface area contributed by atoms with Crippen LogP contribution >= 0.6 is 15.9 Å². The summed E-state index contributed by atoms with van der Waals surface area (Å²) in [6.45, 7) is 0.373. The summed E-state index contributed by atoms with van der Waals surface area (Å²) in [5.41, 5.74) is 2.17. The molecular weight excluding hydrogens is 296 g/mol. The van der Waals surface area contributed by atoms with E-state index in [1.807, 2.05) is 24.3 Å². The first-order valence-corrected chi connectivity index (χ1v) is 6.26. The second-order valence-corrected chi connectivity index (χ2v) is 4.83. The van der Waals surface area contributed by atoms with Crippen molar-refractivity contribution >= 4 is 21.7 Å². The van der Waals surface area contributed by atoms with Gasteiger partial charge in [0.1, 0.15) is 6.61 Å². The highest BCUT2D eigenvalue weighted by molar-refractivity contribution is 9.10. The van der Waals surface area contributed by atoms with Crippen LogP contribution < -0.4 is 4.89 Å². The van der Waals surface area contributed by atoms with E-state index in [1.54, 1.807) is 18.2 Å². The average molecular weight is 305 g/mol. The Balaban J connectivity index is 2.05. The highest BCUT2D eigenvalue weighted by Gasteiger charge is 2.20. The molecule has 90 valence electrons. The molecule has 0 unspecified atom stereocenters. The van der Waals surface area contributed by atoms with Crippen molar-refractivity contribution in [2.24, 2.45) is 0 Å². The molecule has 0 N–H and O–H groups in total. The van der Waals surface area contributed by atoms with Gasteiger partial charge in [0.15, 0.2) is 11.5 Å². The highest BCUT2D eigenvalue weighted by atomic mass is 79.9. The minimum absolute atomic E-state index is 0.0165. The smallest absolute Gasteiger partial charge is 0.194 e. The summed E-state index contributed by atoms with van der Waals surface area (Å²) < 4.78 is 0.709. The van der Waals surface area contributed by atoms with Gasteiger partial charge in [-0.1, -0.05) is 30.3 Å². The van der Waals surface area contributed by atoms with Gasteiger partial charge >= 0.3 is 0 Å². The first kappa shape index (κ1) is 11.4. The molecule has 0 aliphatic carbocycles. The van der Waals surface area contributed by atoms with Crippen molar-refractivity contribution in [3.8, 4) is 5.75 Å². The predicted molar refractivity (Wildman–Crippen MR) is 69.4 cm³/mol. The topological polar surface area (TPSA) is 35.5 Å². The summed E-state index contributed by atoms with van der Waals surface area (Å²) in [7, 11) is 0. The summed E-state index contributed by atoms with van der Waals surface area (Å²) in [6, 6.07) is 12.8. The van der Waals surface area contributed by atoms with Gasteiger partial charge in [0, 0.05) is 21.2 Å². The Morgan fingerprint density at radius 3 is 2.72 bits per heavy atom. The molecule has 3 nitrogen and oxygen atoms in total. The molecule has 0 saturated heterocycles. The number of rotatable bonds is 2. The van der Waals surface area contributed by atoms with Crippen molar-refractivity contribution in [1.82, 2.24) is 0 Å². The van der Waals surface area contributed by atoms with Crippen LogP contribution in [0, 0.1) is 0 Å². The Kier molecular flexibility index (Phi) is 2.89. The number of hydrogen-bond acceptors (Lipinski definition) is 3. The molecule has 0 bridgehead atoms.